The van der Waals surface area contributed by atoms with Crippen molar-refractivity contribution < 1.29 is 23.0 Å². The fraction of sp³-hybridized carbons (Fsp3) is 0.500. The van der Waals surface area contributed by atoms with Crippen LogP contribution in [0, 0.1) is 11.6 Å². The number of nitrogens with one attached hydrogen (secondary N) is 1. The minimum absolute atomic E-state index is 0.0142. The summed E-state index contributed by atoms with van der Waals surface area (Å²) in [6, 6.07) is 2.51. The molecule has 118 valence electrons. The van der Waals surface area contributed by atoms with Gasteiger partial charge < -0.3 is 19.7 Å². The normalized spacial score (nSPS) is 10.8. The molecular formula is C14H20F2N2O3. The number of esters is 1. The Labute approximate surface area is 122 Å². The number of halogens is 2. The third-order valence-electron chi connectivity index (χ3n) is 2.97. The van der Waals surface area contributed by atoms with Crippen LogP contribution in [0.3, 0.4) is 0 Å². The highest BCUT2D eigenvalue weighted by Gasteiger charge is 2.18. The summed E-state index contributed by atoms with van der Waals surface area (Å²) in [4.78, 5) is 13.2. The van der Waals surface area contributed by atoms with Gasteiger partial charge in [0.2, 0.25) is 0 Å². The van der Waals surface area contributed by atoms with Crippen molar-refractivity contribution >= 4 is 11.7 Å². The zero-order chi connectivity index (χ0) is 15.8. The lowest BCUT2D eigenvalue weighted by molar-refractivity contribution is 0.0594. The van der Waals surface area contributed by atoms with Gasteiger partial charge in [-0.05, 0) is 19.2 Å². The lowest BCUT2D eigenvalue weighted by Gasteiger charge is -2.17. The van der Waals surface area contributed by atoms with E-state index in [0.29, 0.717) is 19.7 Å². The van der Waals surface area contributed by atoms with Crippen molar-refractivity contribution in [2.75, 3.05) is 52.8 Å². The van der Waals surface area contributed by atoms with Crippen molar-refractivity contribution in [2.45, 2.75) is 0 Å². The molecule has 21 heavy (non-hydrogen) atoms. The Morgan fingerprint density at radius 2 is 1.95 bits per heavy atom. The third-order valence-corrected chi connectivity index (χ3v) is 2.97. The molecule has 0 atom stereocenters. The van der Waals surface area contributed by atoms with Crippen LogP contribution in [0.2, 0.25) is 0 Å². The van der Waals surface area contributed by atoms with Crippen LogP contribution in [0.4, 0.5) is 14.5 Å². The summed E-state index contributed by atoms with van der Waals surface area (Å²) in [5.41, 5.74) is -0.405. The molecule has 0 radical (unpaired) electrons. The Bertz CT molecular complexity index is 484. The zero-order valence-corrected chi connectivity index (χ0v) is 12.4. The van der Waals surface area contributed by atoms with E-state index >= 15 is 0 Å². The molecule has 7 heteroatoms. The topological polar surface area (TPSA) is 50.8 Å². The first-order valence-electron chi connectivity index (χ1n) is 6.49. The van der Waals surface area contributed by atoms with Crippen LogP contribution < -0.4 is 5.32 Å². The number of hydrogen-bond acceptors (Lipinski definition) is 5. The quantitative estimate of drug-likeness (QED) is 0.741. The van der Waals surface area contributed by atoms with E-state index in [1.165, 1.54) is 12.1 Å². The predicted molar refractivity (Wildman–Crippen MR) is 75.6 cm³/mol. The number of methoxy groups -OCH3 is 2. The molecule has 0 fully saturated rings. The lowest BCUT2D eigenvalue weighted by atomic mass is 10.2. The monoisotopic (exact) mass is 302 g/mol. The summed E-state index contributed by atoms with van der Waals surface area (Å²) in [7, 11) is 4.63. The Morgan fingerprint density at radius 1 is 1.24 bits per heavy atom. The van der Waals surface area contributed by atoms with Gasteiger partial charge in [0, 0.05) is 26.7 Å². The van der Waals surface area contributed by atoms with Crippen LogP contribution >= 0.6 is 0 Å². The number of likely N-dealkylation sites (N-methyl/N-ethyl adjacent to an activating group) is 1. The van der Waals surface area contributed by atoms with Crippen molar-refractivity contribution in [3.05, 3.63) is 29.3 Å². The van der Waals surface area contributed by atoms with Gasteiger partial charge in [-0.3, -0.25) is 0 Å². The van der Waals surface area contributed by atoms with Crippen molar-refractivity contribution in [1.82, 2.24) is 4.90 Å². The maximum atomic E-state index is 13.8. The van der Waals surface area contributed by atoms with E-state index in [2.05, 4.69) is 10.1 Å². The number of carbonyl (C=O) groups excluding carboxylic acids is 1. The first-order valence-corrected chi connectivity index (χ1v) is 6.49. The van der Waals surface area contributed by atoms with Gasteiger partial charge in [-0.2, -0.15) is 0 Å². The SMILES string of the molecule is COCCN(C)CCNc1ccc(C(=O)OC)c(F)c1F. The Morgan fingerprint density at radius 3 is 2.57 bits per heavy atom. The molecule has 0 aliphatic carbocycles. The first kappa shape index (κ1) is 17.3. The summed E-state index contributed by atoms with van der Waals surface area (Å²) in [6.45, 7) is 2.43. The number of rotatable bonds is 8. The van der Waals surface area contributed by atoms with Crippen molar-refractivity contribution in [3.63, 3.8) is 0 Å². The van der Waals surface area contributed by atoms with Crippen LogP contribution in [0.1, 0.15) is 10.4 Å². The van der Waals surface area contributed by atoms with Gasteiger partial charge in [-0.15, -0.1) is 0 Å². The Hall–Kier alpha value is -1.73. The summed E-state index contributed by atoms with van der Waals surface area (Å²) in [5.74, 6) is -3.20. The number of benzene rings is 1. The van der Waals surface area contributed by atoms with E-state index in [9.17, 15) is 13.6 Å². The van der Waals surface area contributed by atoms with Gasteiger partial charge in [0.15, 0.2) is 11.6 Å². The molecule has 0 aromatic heterocycles. The average Bonchev–Trinajstić information content (AvgIpc) is 2.48. The highest BCUT2D eigenvalue weighted by atomic mass is 19.2. The fourth-order valence-corrected chi connectivity index (χ4v) is 1.69. The smallest absolute Gasteiger partial charge is 0.340 e. The van der Waals surface area contributed by atoms with Crippen LogP contribution in [0.25, 0.3) is 0 Å². The van der Waals surface area contributed by atoms with Gasteiger partial charge in [0.05, 0.1) is 25.0 Å². The van der Waals surface area contributed by atoms with E-state index < -0.39 is 23.2 Å². The number of anilines is 1. The minimum atomic E-state index is -1.21. The molecule has 0 unspecified atom stereocenters. The second-order valence-corrected chi connectivity index (χ2v) is 4.50. The summed E-state index contributed by atoms with van der Waals surface area (Å²) in [5, 5.41) is 2.80. The number of nitrogens with zero attached hydrogens (tertiary/aromatic N) is 1. The molecule has 0 saturated heterocycles. The van der Waals surface area contributed by atoms with E-state index in [0.717, 1.165) is 13.7 Å². The molecule has 0 saturated carbocycles. The molecule has 0 bridgehead atoms. The van der Waals surface area contributed by atoms with Crippen LogP contribution in [0.15, 0.2) is 12.1 Å². The van der Waals surface area contributed by atoms with Gasteiger partial charge >= 0.3 is 5.97 Å². The summed E-state index contributed by atoms with van der Waals surface area (Å²) >= 11 is 0. The number of carbonyl (C=O) groups is 1. The molecule has 0 heterocycles. The fourth-order valence-electron chi connectivity index (χ4n) is 1.69. The highest BCUT2D eigenvalue weighted by Crippen LogP contribution is 2.21. The van der Waals surface area contributed by atoms with Gasteiger partial charge in [0.25, 0.3) is 0 Å². The summed E-state index contributed by atoms with van der Waals surface area (Å²) in [6.07, 6.45) is 0. The third kappa shape index (κ3) is 4.95. The lowest BCUT2D eigenvalue weighted by Crippen LogP contribution is -2.28. The van der Waals surface area contributed by atoms with Crippen LogP contribution in [-0.4, -0.2) is 58.4 Å². The van der Waals surface area contributed by atoms with E-state index in [1.807, 2.05) is 11.9 Å². The van der Waals surface area contributed by atoms with Crippen LogP contribution in [0.5, 0.6) is 0 Å². The van der Waals surface area contributed by atoms with Crippen molar-refractivity contribution in [3.8, 4) is 0 Å². The summed E-state index contributed by atoms with van der Waals surface area (Å²) < 4.78 is 36.8. The van der Waals surface area contributed by atoms with Crippen molar-refractivity contribution in [2.24, 2.45) is 0 Å². The minimum Gasteiger partial charge on any atom is -0.465 e. The van der Waals surface area contributed by atoms with E-state index in [-0.39, 0.29) is 5.69 Å². The van der Waals surface area contributed by atoms with Gasteiger partial charge in [-0.25, -0.2) is 13.6 Å². The van der Waals surface area contributed by atoms with Gasteiger partial charge in [-0.1, -0.05) is 0 Å². The zero-order valence-electron chi connectivity index (χ0n) is 12.4. The molecule has 1 aromatic carbocycles. The maximum absolute atomic E-state index is 13.8. The first-order chi connectivity index (χ1) is 10.0. The molecule has 5 nitrogen and oxygen atoms in total. The number of ether oxygens (including phenoxy) is 2. The standard InChI is InChI=1S/C14H20F2N2O3/c1-18(8-9-20-2)7-6-17-11-5-4-10(14(19)21-3)12(15)13(11)16/h4-5,17H,6-9H2,1-3H3. The Balaban J connectivity index is 2.61. The van der Waals surface area contributed by atoms with Crippen LogP contribution in [-0.2, 0) is 9.47 Å². The maximum Gasteiger partial charge on any atom is 0.340 e. The second kappa shape index (κ2) is 8.53. The largest absolute Gasteiger partial charge is 0.465 e. The molecular weight excluding hydrogens is 282 g/mol. The average molecular weight is 302 g/mol. The number of hydrogen-bond donors (Lipinski definition) is 1. The molecule has 0 aliphatic heterocycles. The molecule has 1 N–H and O–H groups in total. The molecule has 1 aromatic rings. The Kier molecular flexibility index (Phi) is 7.04. The van der Waals surface area contributed by atoms with E-state index in [1.54, 1.807) is 7.11 Å². The van der Waals surface area contributed by atoms with E-state index in [4.69, 9.17) is 4.74 Å². The molecule has 0 aliphatic rings. The van der Waals surface area contributed by atoms with Gasteiger partial charge in [0.1, 0.15) is 0 Å². The van der Waals surface area contributed by atoms with Crippen molar-refractivity contribution in [1.29, 1.82) is 0 Å². The molecule has 0 spiro atoms. The second-order valence-electron chi connectivity index (χ2n) is 4.50. The predicted octanol–water partition coefficient (Wildman–Crippen LogP) is 1.74. The molecule has 0 amide bonds. The molecule has 1 rings (SSSR count). The highest BCUT2D eigenvalue weighted by molar-refractivity contribution is 5.90.